The third kappa shape index (κ3) is 2.31. The summed E-state index contributed by atoms with van der Waals surface area (Å²) in [6.45, 7) is 1.90. The van der Waals surface area contributed by atoms with Crippen molar-refractivity contribution in [2.24, 2.45) is 0 Å². The Morgan fingerprint density at radius 3 is 2.67 bits per heavy atom. The van der Waals surface area contributed by atoms with E-state index in [1.165, 1.54) is 0 Å². The first-order valence-electron chi connectivity index (χ1n) is 3.78. The van der Waals surface area contributed by atoms with Crippen molar-refractivity contribution in [1.82, 2.24) is 0 Å². The molecule has 0 saturated heterocycles. The molecule has 64 valence electrons. The van der Waals surface area contributed by atoms with E-state index in [9.17, 15) is 0 Å². The van der Waals surface area contributed by atoms with Gasteiger partial charge >= 0.3 is 0 Å². The van der Waals surface area contributed by atoms with E-state index in [4.69, 9.17) is 9.47 Å². The van der Waals surface area contributed by atoms with Crippen molar-refractivity contribution in [1.29, 1.82) is 0 Å². The molecule has 0 bridgehead atoms. The van der Waals surface area contributed by atoms with Crippen LogP contribution in [0.15, 0.2) is 36.6 Å². The minimum absolute atomic E-state index is 0.785. The molecule has 0 aromatic heterocycles. The lowest BCUT2D eigenvalue weighted by atomic mass is 10.3. The zero-order chi connectivity index (χ0) is 8.81. The van der Waals surface area contributed by atoms with Gasteiger partial charge in [0.15, 0.2) is 0 Å². The van der Waals surface area contributed by atoms with Crippen LogP contribution in [0.1, 0.15) is 6.92 Å². The average Bonchev–Trinajstić information content (AvgIpc) is 2.15. The highest BCUT2D eigenvalue weighted by Gasteiger charge is 1.92. The molecule has 0 fully saturated rings. The van der Waals surface area contributed by atoms with Crippen molar-refractivity contribution in [3.05, 3.63) is 36.6 Å². The van der Waals surface area contributed by atoms with Gasteiger partial charge in [-0.15, -0.1) is 0 Å². The van der Waals surface area contributed by atoms with Crippen LogP contribution in [0.3, 0.4) is 0 Å². The predicted molar refractivity (Wildman–Crippen MR) is 48.4 cm³/mol. The van der Waals surface area contributed by atoms with E-state index < -0.39 is 0 Å². The monoisotopic (exact) mass is 164 g/mol. The van der Waals surface area contributed by atoms with Gasteiger partial charge in [0, 0.05) is 6.07 Å². The smallest absolute Gasteiger partial charge is 0.130 e. The molecule has 0 saturated carbocycles. The van der Waals surface area contributed by atoms with Gasteiger partial charge in [0.1, 0.15) is 11.5 Å². The van der Waals surface area contributed by atoms with Crippen LogP contribution in [-0.4, -0.2) is 7.11 Å². The van der Waals surface area contributed by atoms with Crippen molar-refractivity contribution in [3.8, 4) is 11.5 Å². The number of rotatable bonds is 3. The van der Waals surface area contributed by atoms with Crippen LogP contribution in [-0.2, 0) is 0 Å². The summed E-state index contributed by atoms with van der Waals surface area (Å²) < 4.78 is 10.3. The van der Waals surface area contributed by atoms with Crippen LogP contribution in [0, 0.1) is 0 Å². The summed E-state index contributed by atoms with van der Waals surface area (Å²) in [7, 11) is 1.63. The van der Waals surface area contributed by atoms with E-state index in [0.717, 1.165) is 11.5 Å². The lowest BCUT2D eigenvalue weighted by Gasteiger charge is -2.02. The number of allylic oxidation sites excluding steroid dienone is 1. The molecule has 12 heavy (non-hydrogen) atoms. The molecule has 1 aromatic rings. The average molecular weight is 164 g/mol. The Labute approximate surface area is 72.4 Å². The van der Waals surface area contributed by atoms with Gasteiger partial charge in [-0.05, 0) is 19.1 Å². The maximum Gasteiger partial charge on any atom is 0.130 e. The van der Waals surface area contributed by atoms with Crippen LogP contribution in [0.4, 0.5) is 0 Å². The topological polar surface area (TPSA) is 18.5 Å². The summed E-state index contributed by atoms with van der Waals surface area (Å²) in [5, 5.41) is 0. The molecular formula is C10H12O2. The standard InChI is InChI=1S/C10H12O2/c1-3-7-12-10-6-4-5-9(8-10)11-2/h3-8H,1-2H3/b7-3-. The molecule has 0 aliphatic carbocycles. The van der Waals surface area contributed by atoms with Gasteiger partial charge in [0.2, 0.25) is 0 Å². The van der Waals surface area contributed by atoms with Crippen LogP contribution in [0.2, 0.25) is 0 Å². The summed E-state index contributed by atoms with van der Waals surface area (Å²) in [4.78, 5) is 0. The molecule has 0 N–H and O–H groups in total. The summed E-state index contributed by atoms with van der Waals surface area (Å²) in [6, 6.07) is 7.47. The fraction of sp³-hybridized carbons (Fsp3) is 0.200. The van der Waals surface area contributed by atoms with E-state index in [0.29, 0.717) is 0 Å². The summed E-state index contributed by atoms with van der Waals surface area (Å²) in [6.07, 6.45) is 3.47. The van der Waals surface area contributed by atoms with E-state index >= 15 is 0 Å². The van der Waals surface area contributed by atoms with Crippen molar-refractivity contribution >= 4 is 0 Å². The fourth-order valence-corrected chi connectivity index (χ4v) is 0.821. The Balaban J connectivity index is 2.72. The maximum atomic E-state index is 5.24. The van der Waals surface area contributed by atoms with Crippen molar-refractivity contribution in [2.45, 2.75) is 6.92 Å². The Kier molecular flexibility index (Phi) is 3.20. The zero-order valence-electron chi connectivity index (χ0n) is 7.28. The van der Waals surface area contributed by atoms with E-state index in [-0.39, 0.29) is 0 Å². The predicted octanol–water partition coefficient (Wildman–Crippen LogP) is 2.61. The number of hydrogen-bond donors (Lipinski definition) is 0. The van der Waals surface area contributed by atoms with Gasteiger partial charge in [-0.2, -0.15) is 0 Å². The van der Waals surface area contributed by atoms with Gasteiger partial charge in [0.25, 0.3) is 0 Å². The van der Waals surface area contributed by atoms with Crippen LogP contribution in [0.5, 0.6) is 11.5 Å². The van der Waals surface area contributed by atoms with Crippen LogP contribution in [0.25, 0.3) is 0 Å². The number of hydrogen-bond acceptors (Lipinski definition) is 2. The summed E-state index contributed by atoms with van der Waals surface area (Å²) in [5.74, 6) is 1.59. The van der Waals surface area contributed by atoms with Crippen molar-refractivity contribution in [3.63, 3.8) is 0 Å². The van der Waals surface area contributed by atoms with Crippen molar-refractivity contribution in [2.75, 3.05) is 7.11 Å². The molecule has 0 aliphatic heterocycles. The van der Waals surface area contributed by atoms with E-state index in [1.54, 1.807) is 13.4 Å². The molecule has 2 heteroatoms. The maximum absolute atomic E-state index is 5.24. The summed E-state index contributed by atoms with van der Waals surface area (Å²) in [5.41, 5.74) is 0. The lowest BCUT2D eigenvalue weighted by Crippen LogP contribution is -1.84. The Hall–Kier alpha value is -1.44. The third-order valence-electron chi connectivity index (χ3n) is 1.38. The molecule has 0 amide bonds. The SMILES string of the molecule is C/C=C\Oc1cccc(OC)c1. The van der Waals surface area contributed by atoms with Gasteiger partial charge in [-0.25, -0.2) is 0 Å². The molecule has 0 spiro atoms. The molecule has 2 nitrogen and oxygen atoms in total. The first kappa shape index (κ1) is 8.65. The zero-order valence-corrected chi connectivity index (χ0v) is 7.28. The van der Waals surface area contributed by atoms with Gasteiger partial charge in [0.05, 0.1) is 13.4 Å². The largest absolute Gasteiger partial charge is 0.497 e. The first-order chi connectivity index (χ1) is 5.86. The van der Waals surface area contributed by atoms with Crippen LogP contribution < -0.4 is 9.47 Å². The van der Waals surface area contributed by atoms with E-state index in [2.05, 4.69) is 0 Å². The Morgan fingerprint density at radius 1 is 1.25 bits per heavy atom. The highest BCUT2D eigenvalue weighted by molar-refractivity contribution is 5.33. The number of benzene rings is 1. The first-order valence-corrected chi connectivity index (χ1v) is 3.78. The quantitative estimate of drug-likeness (QED) is 0.639. The van der Waals surface area contributed by atoms with E-state index in [1.807, 2.05) is 37.3 Å². The summed E-state index contributed by atoms with van der Waals surface area (Å²) >= 11 is 0. The third-order valence-corrected chi connectivity index (χ3v) is 1.38. The molecule has 0 atom stereocenters. The molecule has 0 aliphatic rings. The molecule has 0 heterocycles. The minimum Gasteiger partial charge on any atom is -0.497 e. The van der Waals surface area contributed by atoms with Gasteiger partial charge < -0.3 is 9.47 Å². The van der Waals surface area contributed by atoms with Crippen LogP contribution >= 0.6 is 0 Å². The number of methoxy groups -OCH3 is 1. The highest BCUT2D eigenvalue weighted by atomic mass is 16.5. The molecule has 0 unspecified atom stereocenters. The van der Waals surface area contributed by atoms with Gasteiger partial charge in [-0.1, -0.05) is 12.1 Å². The molecule has 1 rings (SSSR count). The Bertz CT molecular complexity index is 266. The molecule has 0 radical (unpaired) electrons. The second-order valence-electron chi connectivity index (χ2n) is 2.27. The fourth-order valence-electron chi connectivity index (χ4n) is 0.821. The van der Waals surface area contributed by atoms with Gasteiger partial charge in [-0.3, -0.25) is 0 Å². The molecular weight excluding hydrogens is 152 g/mol. The minimum atomic E-state index is 0.785. The van der Waals surface area contributed by atoms with Crippen molar-refractivity contribution < 1.29 is 9.47 Å². The second kappa shape index (κ2) is 4.44. The second-order valence-corrected chi connectivity index (χ2v) is 2.27. The Morgan fingerprint density at radius 2 is 2.00 bits per heavy atom. The lowest BCUT2D eigenvalue weighted by molar-refractivity contribution is 0.409. The highest BCUT2D eigenvalue weighted by Crippen LogP contribution is 2.18. The normalized spacial score (nSPS) is 10.2. The number of ether oxygens (including phenoxy) is 2. The molecule has 1 aromatic carbocycles.